The van der Waals surface area contributed by atoms with Gasteiger partial charge in [-0.15, -0.1) is 10.2 Å². The fraction of sp³-hybridized carbons (Fsp3) is 0.0870. The van der Waals surface area contributed by atoms with Crippen LogP contribution in [0, 0.1) is 0 Å². The number of hydrogen-bond donors (Lipinski definition) is 3. The van der Waals surface area contributed by atoms with Crippen LogP contribution < -0.4 is 10.5 Å². The molecular weight excluding hydrogens is 675 g/mol. The largest absolute Gasteiger partial charge is 0.493 e. The SMILES string of the molecule is NS(=O)(=O)c1ccccc1NC(=S)N=Nc1c(O)n(Cc2ccc(C(F)(F)F)cc2)c2c(Br)cc(Br)cc12. The van der Waals surface area contributed by atoms with E-state index in [4.69, 9.17) is 17.4 Å². The van der Waals surface area contributed by atoms with Crippen molar-refractivity contribution in [2.45, 2.75) is 17.6 Å². The number of thiocarbonyl (C=S) groups is 1. The highest BCUT2D eigenvalue weighted by Gasteiger charge is 2.30. The molecule has 4 N–H and O–H groups in total. The second-order valence-electron chi connectivity index (χ2n) is 7.91. The van der Waals surface area contributed by atoms with Gasteiger partial charge in [0.25, 0.3) is 0 Å². The summed E-state index contributed by atoms with van der Waals surface area (Å²) < 4.78 is 65.2. The number of sulfonamides is 1. The first-order valence-corrected chi connectivity index (χ1v) is 14.0. The first-order chi connectivity index (χ1) is 17.8. The average Bonchev–Trinajstić information content (AvgIpc) is 3.07. The number of benzene rings is 3. The summed E-state index contributed by atoms with van der Waals surface area (Å²) in [4.78, 5) is -0.193. The minimum absolute atomic E-state index is 0.0284. The number of para-hydroxylation sites is 1. The highest BCUT2D eigenvalue weighted by atomic mass is 79.9. The monoisotopic (exact) mass is 689 g/mol. The van der Waals surface area contributed by atoms with Gasteiger partial charge in [0.2, 0.25) is 21.0 Å². The Morgan fingerprint density at radius 1 is 1.11 bits per heavy atom. The quantitative estimate of drug-likeness (QED) is 0.153. The van der Waals surface area contributed by atoms with Gasteiger partial charge in [-0.2, -0.15) is 13.2 Å². The van der Waals surface area contributed by atoms with Crippen LogP contribution in [0.5, 0.6) is 5.88 Å². The molecule has 0 bridgehead atoms. The normalized spacial score (nSPS) is 12.4. The van der Waals surface area contributed by atoms with Gasteiger partial charge < -0.3 is 15.0 Å². The van der Waals surface area contributed by atoms with E-state index in [1.165, 1.54) is 34.9 Å². The summed E-state index contributed by atoms with van der Waals surface area (Å²) in [6.45, 7) is 0.0284. The maximum absolute atomic E-state index is 13.0. The molecule has 0 spiro atoms. The highest BCUT2D eigenvalue weighted by Crippen LogP contribution is 2.44. The van der Waals surface area contributed by atoms with Crippen LogP contribution in [0.3, 0.4) is 0 Å². The van der Waals surface area contributed by atoms with Crippen LogP contribution in [0.25, 0.3) is 10.9 Å². The third-order valence-corrected chi connectivity index (χ3v) is 7.53. The third-order valence-electron chi connectivity index (χ3n) is 5.32. The number of hydrogen-bond acceptors (Lipinski definition) is 5. The number of anilines is 1. The van der Waals surface area contributed by atoms with E-state index < -0.39 is 21.8 Å². The Morgan fingerprint density at radius 3 is 2.39 bits per heavy atom. The maximum atomic E-state index is 13.0. The number of nitrogens with one attached hydrogen (secondary N) is 1. The lowest BCUT2D eigenvalue weighted by molar-refractivity contribution is -0.137. The predicted octanol–water partition coefficient (Wildman–Crippen LogP) is 7.07. The molecule has 0 fully saturated rings. The zero-order chi connectivity index (χ0) is 27.8. The molecule has 0 radical (unpaired) electrons. The molecular formula is C23H16Br2F3N5O3S2. The van der Waals surface area contributed by atoms with Gasteiger partial charge in [0, 0.05) is 14.3 Å². The second kappa shape index (κ2) is 10.7. The van der Waals surface area contributed by atoms with Gasteiger partial charge in [0.1, 0.15) is 4.90 Å². The molecule has 38 heavy (non-hydrogen) atoms. The zero-order valence-electron chi connectivity index (χ0n) is 18.9. The molecule has 3 aromatic carbocycles. The van der Waals surface area contributed by atoms with Gasteiger partial charge in [0.05, 0.1) is 23.3 Å². The van der Waals surface area contributed by atoms with Crippen molar-refractivity contribution >= 4 is 81.5 Å². The molecule has 4 aromatic rings. The summed E-state index contributed by atoms with van der Waals surface area (Å²) >= 11 is 12.0. The van der Waals surface area contributed by atoms with Crippen molar-refractivity contribution in [1.29, 1.82) is 0 Å². The third kappa shape index (κ3) is 6.07. The first kappa shape index (κ1) is 28.2. The number of azo groups is 1. The van der Waals surface area contributed by atoms with Crippen LogP contribution in [0.15, 0.2) is 84.7 Å². The number of fused-ring (bicyclic) bond motifs is 1. The Kier molecular flexibility index (Phi) is 7.95. The van der Waals surface area contributed by atoms with Crippen molar-refractivity contribution in [2.24, 2.45) is 15.4 Å². The minimum Gasteiger partial charge on any atom is -0.493 e. The fourth-order valence-corrected chi connectivity index (χ4v) is 5.95. The number of alkyl halides is 3. The van der Waals surface area contributed by atoms with Crippen LogP contribution in [0.4, 0.5) is 24.5 Å². The fourth-order valence-electron chi connectivity index (χ4n) is 3.66. The van der Waals surface area contributed by atoms with Crippen LogP contribution in [0.2, 0.25) is 0 Å². The van der Waals surface area contributed by atoms with Crippen LogP contribution >= 0.6 is 44.1 Å². The molecule has 0 saturated carbocycles. The van der Waals surface area contributed by atoms with Crippen LogP contribution in [-0.4, -0.2) is 23.2 Å². The van der Waals surface area contributed by atoms with E-state index in [9.17, 15) is 26.7 Å². The van der Waals surface area contributed by atoms with Crippen molar-refractivity contribution in [2.75, 3.05) is 5.32 Å². The molecule has 198 valence electrons. The number of nitrogens with zero attached hydrogens (tertiary/aromatic N) is 3. The van der Waals surface area contributed by atoms with E-state index in [2.05, 4.69) is 47.4 Å². The smallest absolute Gasteiger partial charge is 0.416 e. The zero-order valence-corrected chi connectivity index (χ0v) is 23.7. The molecule has 4 rings (SSSR count). The summed E-state index contributed by atoms with van der Waals surface area (Å²) in [7, 11) is -4.04. The minimum atomic E-state index is -4.47. The molecule has 0 aliphatic carbocycles. The Hall–Kier alpha value is -2.85. The Balaban J connectivity index is 1.71. The van der Waals surface area contributed by atoms with Gasteiger partial charge in [0.15, 0.2) is 5.69 Å². The molecule has 0 aliphatic heterocycles. The molecule has 0 saturated heterocycles. The lowest BCUT2D eigenvalue weighted by Crippen LogP contribution is -2.16. The van der Waals surface area contributed by atoms with E-state index in [1.54, 1.807) is 18.2 Å². The van der Waals surface area contributed by atoms with Crippen LogP contribution in [0.1, 0.15) is 11.1 Å². The number of primary sulfonamides is 1. The number of aromatic hydroxyl groups is 1. The Morgan fingerprint density at radius 2 is 1.76 bits per heavy atom. The molecule has 1 aromatic heterocycles. The van der Waals surface area contributed by atoms with Crippen molar-refractivity contribution in [3.8, 4) is 5.88 Å². The predicted molar refractivity (Wildman–Crippen MR) is 148 cm³/mol. The Bertz CT molecular complexity index is 1690. The molecule has 8 nitrogen and oxygen atoms in total. The molecule has 1 heterocycles. The van der Waals surface area contributed by atoms with Gasteiger partial charge in [-0.3, -0.25) is 0 Å². The first-order valence-electron chi connectivity index (χ1n) is 10.5. The van der Waals surface area contributed by atoms with E-state index in [-0.39, 0.29) is 33.8 Å². The van der Waals surface area contributed by atoms with E-state index in [1.807, 2.05) is 0 Å². The standard InChI is InChI=1S/C23H16Br2F3N5O3S2/c24-14-9-15-19(31-32-22(37)30-17-3-1-2-4-18(17)38(29,35)36)21(34)33(20(15)16(25)10-14)11-12-5-7-13(8-6-12)23(26,27)28/h1-10,34H,11H2,(H,30,37)(H2,29,35,36). The summed E-state index contributed by atoms with van der Waals surface area (Å²) in [5.41, 5.74) is 0.363. The summed E-state index contributed by atoms with van der Waals surface area (Å²) in [5.74, 6) is -0.310. The molecule has 0 aliphatic rings. The van der Waals surface area contributed by atoms with Gasteiger partial charge >= 0.3 is 6.18 Å². The summed E-state index contributed by atoms with van der Waals surface area (Å²) in [6, 6.07) is 13.8. The lowest BCUT2D eigenvalue weighted by Gasteiger charge is -2.11. The van der Waals surface area contributed by atoms with Crippen molar-refractivity contribution < 1.29 is 26.7 Å². The number of rotatable bonds is 5. The lowest BCUT2D eigenvalue weighted by atomic mass is 10.1. The summed E-state index contributed by atoms with van der Waals surface area (Å²) in [6.07, 6.45) is -4.47. The maximum Gasteiger partial charge on any atom is 0.416 e. The number of aromatic nitrogens is 1. The highest BCUT2D eigenvalue weighted by molar-refractivity contribution is 9.11. The van der Waals surface area contributed by atoms with E-state index in [0.29, 0.717) is 25.4 Å². The summed E-state index contributed by atoms with van der Waals surface area (Å²) in [5, 5.41) is 27.2. The van der Waals surface area contributed by atoms with Gasteiger partial charge in [-0.05, 0) is 70.1 Å². The van der Waals surface area contributed by atoms with Crippen LogP contribution in [-0.2, 0) is 22.7 Å². The van der Waals surface area contributed by atoms with Gasteiger partial charge in [-0.25, -0.2) is 13.6 Å². The van der Waals surface area contributed by atoms with Crippen molar-refractivity contribution in [3.63, 3.8) is 0 Å². The molecule has 0 atom stereocenters. The topological polar surface area (TPSA) is 122 Å². The second-order valence-corrected chi connectivity index (χ2v) is 11.6. The van der Waals surface area contributed by atoms with E-state index >= 15 is 0 Å². The number of nitrogens with two attached hydrogens (primary N) is 1. The van der Waals surface area contributed by atoms with Crippen molar-refractivity contribution in [1.82, 2.24) is 4.57 Å². The number of halogens is 5. The molecule has 15 heteroatoms. The van der Waals surface area contributed by atoms with E-state index in [0.717, 1.165) is 12.1 Å². The Labute approximate surface area is 236 Å². The molecule has 0 amide bonds. The molecule has 0 unspecified atom stereocenters. The average molecular weight is 691 g/mol. The van der Waals surface area contributed by atoms with Crippen molar-refractivity contribution in [3.05, 3.63) is 80.7 Å². The van der Waals surface area contributed by atoms with Gasteiger partial charge in [-0.1, -0.05) is 40.2 Å².